The number of nitrogens with zero attached hydrogens (tertiary/aromatic N) is 1. The van der Waals surface area contributed by atoms with Gasteiger partial charge in [-0.3, -0.25) is 10.6 Å². The molecule has 0 aliphatic carbocycles. The zero-order valence-electron chi connectivity index (χ0n) is 22.6. The molecule has 3 unspecified atom stereocenters. The SMILES string of the molecule is C[C-]=C1CN(S(=O)(=O)c2ccc(C)cc2)C/C1=C(\C)C(O)(c1ccccc1)P(=O)(OCC)OCC.P.P.[Rh+2]. The first-order valence-corrected chi connectivity index (χ1v) is 14.5. The summed E-state index contributed by atoms with van der Waals surface area (Å²) in [7, 11) is -7.95. The van der Waals surface area contributed by atoms with E-state index in [0.29, 0.717) is 22.3 Å². The van der Waals surface area contributed by atoms with E-state index < -0.39 is 23.0 Å². The van der Waals surface area contributed by atoms with E-state index in [1.807, 2.05) is 6.92 Å². The van der Waals surface area contributed by atoms with Crippen LogP contribution in [0.4, 0.5) is 0 Å². The summed E-state index contributed by atoms with van der Waals surface area (Å²) >= 11 is 0. The van der Waals surface area contributed by atoms with Crippen molar-refractivity contribution >= 4 is 37.4 Å². The van der Waals surface area contributed by atoms with Crippen molar-refractivity contribution in [3.8, 4) is 0 Å². The topological polar surface area (TPSA) is 93.1 Å². The molecule has 38 heavy (non-hydrogen) atoms. The van der Waals surface area contributed by atoms with Gasteiger partial charge >= 0.3 is 27.1 Å². The third-order valence-corrected chi connectivity index (χ3v) is 10.5. The maximum atomic E-state index is 14.1. The Balaban J connectivity index is 0.00000456. The molecule has 1 aliphatic rings. The Kier molecular flexibility index (Phi) is 15.2. The first-order chi connectivity index (χ1) is 16.5. The fourth-order valence-electron chi connectivity index (χ4n) is 4.23. The molecule has 1 fully saturated rings. The van der Waals surface area contributed by atoms with Crippen LogP contribution in [0.5, 0.6) is 0 Å². The van der Waals surface area contributed by atoms with Gasteiger partial charge in [-0.2, -0.15) is 25.4 Å². The minimum atomic E-state index is -4.14. The smallest absolute Gasteiger partial charge is 0.371 e. The summed E-state index contributed by atoms with van der Waals surface area (Å²) in [5.41, 5.74) is 2.74. The van der Waals surface area contributed by atoms with E-state index >= 15 is 0 Å². The Labute approximate surface area is 247 Å². The number of aryl methyl sites for hydroxylation is 1. The summed E-state index contributed by atoms with van der Waals surface area (Å²) in [5, 5.41) is 10.0. The van der Waals surface area contributed by atoms with Crippen molar-refractivity contribution in [2.75, 3.05) is 26.3 Å². The van der Waals surface area contributed by atoms with Gasteiger partial charge < -0.3 is 14.2 Å². The van der Waals surface area contributed by atoms with Gasteiger partial charge in [-0.25, -0.2) is 18.3 Å². The average molecular weight is 689 g/mol. The summed E-state index contributed by atoms with van der Waals surface area (Å²) in [5.74, 6) is 0. The maximum absolute atomic E-state index is 14.1. The standard InChI is InChI=1S/C26H33NO6PS.2H3P.Rh/c1-6-22-18-27(35(30,31)24-16-14-20(4)15-17-24)19-25(22)21(5)26(28,23-12-10-9-11-13-23)34(29,32-7-2)33-8-3;;;/h9-17,28H,7-8,18-19H2,1-5H3;2*1H3;/q-1;;;+2/b25-21-;;;. The number of rotatable bonds is 9. The zero-order valence-corrected chi connectivity index (χ0v) is 28.7. The van der Waals surface area contributed by atoms with Crippen LogP contribution in [-0.2, 0) is 48.5 Å². The van der Waals surface area contributed by atoms with Gasteiger partial charge in [0, 0.05) is 6.54 Å². The van der Waals surface area contributed by atoms with Crippen molar-refractivity contribution in [2.24, 2.45) is 0 Å². The Hall–Kier alpha value is -0.577. The van der Waals surface area contributed by atoms with Gasteiger partial charge in [-0.15, -0.1) is 12.5 Å². The first kappa shape index (κ1) is 37.4. The molecule has 12 heteroatoms. The van der Waals surface area contributed by atoms with Gasteiger partial charge in [0.1, 0.15) is 0 Å². The van der Waals surface area contributed by atoms with Crippen LogP contribution >= 0.6 is 27.4 Å². The van der Waals surface area contributed by atoms with E-state index in [-0.39, 0.29) is 70.5 Å². The Morgan fingerprint density at radius 2 is 1.55 bits per heavy atom. The van der Waals surface area contributed by atoms with Gasteiger partial charge in [0.15, 0.2) is 5.34 Å². The predicted octanol–water partition coefficient (Wildman–Crippen LogP) is 5.29. The van der Waals surface area contributed by atoms with E-state index in [9.17, 15) is 18.1 Å². The van der Waals surface area contributed by atoms with Crippen molar-refractivity contribution in [1.82, 2.24) is 4.31 Å². The normalized spacial score (nSPS) is 18.1. The Morgan fingerprint density at radius 3 is 2.03 bits per heavy atom. The summed E-state index contributed by atoms with van der Waals surface area (Å²) in [4.78, 5) is 0.185. The minimum Gasteiger partial charge on any atom is -0.371 e. The van der Waals surface area contributed by atoms with Gasteiger partial charge in [-0.05, 0) is 45.0 Å². The maximum Gasteiger partial charge on any atom is 2.00 e. The summed E-state index contributed by atoms with van der Waals surface area (Å²) < 4.78 is 53.4. The third-order valence-electron chi connectivity index (χ3n) is 6.14. The molecular formula is C26H39NO6P3RhS+. The molecule has 0 spiro atoms. The van der Waals surface area contributed by atoms with E-state index in [0.717, 1.165) is 5.56 Å². The molecule has 0 saturated carbocycles. The molecule has 7 nitrogen and oxygen atoms in total. The second kappa shape index (κ2) is 15.4. The molecule has 1 N–H and O–H groups in total. The molecule has 0 bridgehead atoms. The average Bonchev–Trinajstić information content (AvgIpc) is 3.29. The fraction of sp³-hybridized carbons (Fsp3) is 0.385. The van der Waals surface area contributed by atoms with Crippen molar-refractivity contribution in [3.63, 3.8) is 0 Å². The first-order valence-electron chi connectivity index (χ1n) is 11.5. The summed E-state index contributed by atoms with van der Waals surface area (Å²) in [6.45, 7) is 8.78. The summed E-state index contributed by atoms with van der Waals surface area (Å²) in [6, 6.07) is 15.2. The second-order valence-electron chi connectivity index (χ2n) is 8.29. The molecule has 213 valence electrons. The molecule has 1 aliphatic heterocycles. The molecule has 2 aromatic rings. The molecule has 0 aromatic heterocycles. The van der Waals surface area contributed by atoms with E-state index in [4.69, 9.17) is 9.05 Å². The van der Waals surface area contributed by atoms with Crippen molar-refractivity contribution in [3.05, 3.63) is 88.5 Å². The zero-order chi connectivity index (χ0) is 25.9. The van der Waals surface area contributed by atoms with Gasteiger partial charge in [0.05, 0.1) is 18.1 Å². The van der Waals surface area contributed by atoms with Crippen LogP contribution in [0.1, 0.15) is 38.8 Å². The van der Waals surface area contributed by atoms with Crippen LogP contribution in [-0.4, -0.2) is 44.1 Å². The van der Waals surface area contributed by atoms with Gasteiger partial charge in [-0.1, -0.05) is 55.0 Å². The number of hydrogen-bond acceptors (Lipinski definition) is 6. The molecular weight excluding hydrogens is 650 g/mol. The van der Waals surface area contributed by atoms with Crippen LogP contribution in [0.25, 0.3) is 0 Å². The number of sulfonamides is 1. The summed E-state index contributed by atoms with van der Waals surface area (Å²) in [6.07, 6.45) is 3.07. The molecule has 1 saturated heterocycles. The Bertz CT molecular complexity index is 1260. The second-order valence-corrected chi connectivity index (χ2v) is 12.4. The molecule has 2 aromatic carbocycles. The molecule has 1 heterocycles. The predicted molar refractivity (Wildman–Crippen MR) is 158 cm³/mol. The van der Waals surface area contributed by atoms with E-state index in [1.54, 1.807) is 82.3 Å². The van der Waals surface area contributed by atoms with Crippen LogP contribution < -0.4 is 0 Å². The van der Waals surface area contributed by atoms with Gasteiger partial charge in [0.25, 0.3) is 0 Å². The quantitative estimate of drug-likeness (QED) is 0.219. The molecule has 3 rings (SSSR count). The largest absolute Gasteiger partial charge is 2.00 e. The fourth-order valence-corrected chi connectivity index (χ4v) is 7.74. The van der Waals surface area contributed by atoms with Crippen LogP contribution in [0.15, 0.2) is 76.2 Å². The Morgan fingerprint density at radius 1 is 1.03 bits per heavy atom. The molecule has 0 amide bonds. The molecule has 1 radical (unpaired) electrons. The van der Waals surface area contributed by atoms with E-state index in [2.05, 4.69) is 6.08 Å². The number of benzene rings is 2. The van der Waals surface area contributed by atoms with Crippen LogP contribution in [0, 0.1) is 13.0 Å². The van der Waals surface area contributed by atoms with Crippen LogP contribution in [0.2, 0.25) is 0 Å². The minimum absolute atomic E-state index is 0. The molecule has 3 atom stereocenters. The van der Waals surface area contributed by atoms with E-state index in [1.165, 1.54) is 4.31 Å². The monoisotopic (exact) mass is 689 g/mol. The van der Waals surface area contributed by atoms with Crippen molar-refractivity contribution in [2.45, 2.75) is 44.9 Å². The van der Waals surface area contributed by atoms with Crippen LogP contribution in [0.3, 0.4) is 0 Å². The van der Waals surface area contributed by atoms with Gasteiger partial charge in [0.2, 0.25) is 10.0 Å². The van der Waals surface area contributed by atoms with Crippen molar-refractivity contribution < 1.29 is 46.6 Å². The third kappa shape index (κ3) is 7.19. The number of allylic oxidation sites excluding steroid dienone is 1. The van der Waals surface area contributed by atoms with Crippen molar-refractivity contribution in [1.29, 1.82) is 0 Å². The number of aliphatic hydroxyl groups is 1. The number of hydrogen-bond donors (Lipinski definition) is 1.